The minimum absolute atomic E-state index is 0.253. The van der Waals surface area contributed by atoms with Gasteiger partial charge in [0.2, 0.25) is 5.91 Å². The fraction of sp³-hybridized carbons (Fsp3) is 0.429. The number of aromatic nitrogens is 4. The van der Waals surface area contributed by atoms with Crippen LogP contribution in [-0.4, -0.2) is 62.5 Å². The molecular formula is C21H26N6OS. The van der Waals surface area contributed by atoms with Crippen molar-refractivity contribution in [2.45, 2.75) is 24.7 Å². The van der Waals surface area contributed by atoms with Gasteiger partial charge in [-0.15, -0.1) is 11.8 Å². The van der Waals surface area contributed by atoms with Gasteiger partial charge in [0.1, 0.15) is 11.6 Å². The summed E-state index contributed by atoms with van der Waals surface area (Å²) in [6.07, 6.45) is 3.34. The van der Waals surface area contributed by atoms with E-state index in [1.54, 1.807) is 4.68 Å². The first kappa shape index (κ1) is 19.7. The number of nitrogens with zero attached hydrogens (tertiary/aromatic N) is 6. The van der Waals surface area contributed by atoms with Crippen LogP contribution in [0.15, 0.2) is 41.4 Å². The molecule has 1 aliphatic rings. The molecule has 4 rings (SSSR count). The Kier molecular flexibility index (Phi) is 5.99. The second-order valence-corrected chi connectivity index (χ2v) is 8.40. The minimum Gasteiger partial charge on any atom is -0.352 e. The number of rotatable bonds is 6. The molecule has 0 saturated carbocycles. The molecule has 0 atom stereocenters. The topological polar surface area (TPSA) is 67.2 Å². The summed E-state index contributed by atoms with van der Waals surface area (Å²) in [6, 6.07) is 10.3. The third-order valence-corrected chi connectivity index (χ3v) is 6.26. The number of carbonyl (C=O) groups is 1. The molecule has 0 spiro atoms. The van der Waals surface area contributed by atoms with Crippen LogP contribution in [0, 0.1) is 6.92 Å². The Balaban J connectivity index is 1.29. The standard InChI is InChI=1S/C21H26N6OS/c1-16-23-20-18(15-22-25(20)2)21(24-16)27-12-10-26(11-13-27)19(28)9-6-14-29-17-7-4-3-5-8-17/h3-5,7-8,15H,6,9-14H2,1-2H3. The monoisotopic (exact) mass is 410 g/mol. The molecule has 1 aliphatic heterocycles. The van der Waals surface area contributed by atoms with E-state index in [4.69, 9.17) is 0 Å². The minimum atomic E-state index is 0.253. The summed E-state index contributed by atoms with van der Waals surface area (Å²) in [5.74, 6) is 2.88. The third kappa shape index (κ3) is 4.53. The van der Waals surface area contributed by atoms with Crippen molar-refractivity contribution in [2.75, 3.05) is 36.8 Å². The van der Waals surface area contributed by atoms with Crippen molar-refractivity contribution in [1.82, 2.24) is 24.6 Å². The molecule has 2 aromatic heterocycles. The van der Waals surface area contributed by atoms with Gasteiger partial charge in [0.05, 0.1) is 11.6 Å². The average Bonchev–Trinajstić information content (AvgIpc) is 3.12. The molecule has 1 saturated heterocycles. The molecule has 1 fully saturated rings. The maximum Gasteiger partial charge on any atom is 0.222 e. The Labute approximate surface area is 175 Å². The lowest BCUT2D eigenvalue weighted by atomic mass is 10.2. The molecule has 0 N–H and O–H groups in total. The van der Waals surface area contributed by atoms with Crippen molar-refractivity contribution in [1.29, 1.82) is 0 Å². The van der Waals surface area contributed by atoms with Gasteiger partial charge in [0.15, 0.2) is 5.65 Å². The Bertz CT molecular complexity index is 982. The van der Waals surface area contributed by atoms with Crippen molar-refractivity contribution < 1.29 is 4.79 Å². The van der Waals surface area contributed by atoms with E-state index in [0.29, 0.717) is 6.42 Å². The van der Waals surface area contributed by atoms with Crippen LogP contribution in [0.3, 0.4) is 0 Å². The van der Waals surface area contributed by atoms with Gasteiger partial charge in [-0.2, -0.15) is 5.10 Å². The highest BCUT2D eigenvalue weighted by atomic mass is 32.2. The molecule has 3 heterocycles. The van der Waals surface area contributed by atoms with Crippen molar-refractivity contribution in [3.05, 3.63) is 42.4 Å². The molecular weight excluding hydrogens is 384 g/mol. The lowest BCUT2D eigenvalue weighted by Crippen LogP contribution is -2.49. The molecule has 1 amide bonds. The normalized spacial score (nSPS) is 14.6. The summed E-state index contributed by atoms with van der Waals surface area (Å²) in [5, 5.41) is 5.29. The van der Waals surface area contributed by atoms with Crippen LogP contribution >= 0.6 is 11.8 Å². The second-order valence-electron chi connectivity index (χ2n) is 7.23. The first-order valence-corrected chi connectivity index (χ1v) is 11.0. The number of amides is 1. The predicted octanol–water partition coefficient (Wildman–Crippen LogP) is 2.89. The van der Waals surface area contributed by atoms with E-state index in [-0.39, 0.29) is 5.91 Å². The summed E-state index contributed by atoms with van der Waals surface area (Å²) < 4.78 is 1.78. The van der Waals surface area contributed by atoms with Gasteiger partial charge >= 0.3 is 0 Å². The summed E-state index contributed by atoms with van der Waals surface area (Å²) in [5.41, 5.74) is 0.849. The Morgan fingerprint density at radius 3 is 2.62 bits per heavy atom. The van der Waals surface area contributed by atoms with Crippen molar-refractivity contribution in [3.8, 4) is 0 Å². The van der Waals surface area contributed by atoms with Crippen molar-refractivity contribution in [3.63, 3.8) is 0 Å². The first-order valence-electron chi connectivity index (χ1n) is 9.99. The molecule has 3 aromatic rings. The summed E-state index contributed by atoms with van der Waals surface area (Å²) in [4.78, 5) is 27.2. The zero-order chi connectivity index (χ0) is 20.2. The van der Waals surface area contributed by atoms with Crippen LogP contribution in [0.1, 0.15) is 18.7 Å². The van der Waals surface area contributed by atoms with Gasteiger partial charge in [0.25, 0.3) is 0 Å². The lowest BCUT2D eigenvalue weighted by molar-refractivity contribution is -0.131. The van der Waals surface area contributed by atoms with E-state index >= 15 is 0 Å². The first-order chi connectivity index (χ1) is 14.1. The summed E-state index contributed by atoms with van der Waals surface area (Å²) in [6.45, 7) is 4.93. The SMILES string of the molecule is Cc1nc(N2CCN(C(=O)CCCSc3ccccc3)CC2)c2cnn(C)c2n1. The van der Waals surface area contributed by atoms with Gasteiger partial charge in [0, 0.05) is 44.5 Å². The molecule has 29 heavy (non-hydrogen) atoms. The van der Waals surface area contributed by atoms with E-state index in [9.17, 15) is 4.79 Å². The fourth-order valence-electron chi connectivity index (χ4n) is 3.61. The average molecular weight is 411 g/mol. The molecule has 152 valence electrons. The van der Waals surface area contributed by atoms with E-state index in [2.05, 4.69) is 32.1 Å². The Hall–Kier alpha value is -2.61. The van der Waals surface area contributed by atoms with E-state index in [0.717, 1.165) is 61.0 Å². The van der Waals surface area contributed by atoms with E-state index in [1.807, 2.05) is 55.0 Å². The smallest absolute Gasteiger partial charge is 0.222 e. The number of benzene rings is 1. The van der Waals surface area contributed by atoms with Gasteiger partial charge < -0.3 is 9.80 Å². The Morgan fingerprint density at radius 2 is 1.86 bits per heavy atom. The largest absolute Gasteiger partial charge is 0.352 e. The molecule has 0 radical (unpaired) electrons. The van der Waals surface area contributed by atoms with E-state index < -0.39 is 0 Å². The highest BCUT2D eigenvalue weighted by Gasteiger charge is 2.24. The number of piperazine rings is 1. The molecule has 8 heteroatoms. The predicted molar refractivity (Wildman–Crippen MR) is 116 cm³/mol. The second kappa shape index (κ2) is 8.82. The van der Waals surface area contributed by atoms with Crippen molar-refractivity contribution in [2.24, 2.45) is 7.05 Å². The molecule has 0 unspecified atom stereocenters. The number of hydrogen-bond acceptors (Lipinski definition) is 6. The van der Waals surface area contributed by atoms with Crippen LogP contribution in [0.2, 0.25) is 0 Å². The summed E-state index contributed by atoms with van der Waals surface area (Å²) in [7, 11) is 1.89. The van der Waals surface area contributed by atoms with E-state index in [1.165, 1.54) is 4.90 Å². The van der Waals surface area contributed by atoms with Crippen molar-refractivity contribution >= 4 is 34.5 Å². The highest BCUT2D eigenvalue weighted by Crippen LogP contribution is 2.25. The number of hydrogen-bond donors (Lipinski definition) is 0. The summed E-state index contributed by atoms with van der Waals surface area (Å²) >= 11 is 1.81. The molecule has 0 bridgehead atoms. The zero-order valence-corrected chi connectivity index (χ0v) is 17.7. The quantitative estimate of drug-likeness (QED) is 0.460. The lowest BCUT2D eigenvalue weighted by Gasteiger charge is -2.35. The Morgan fingerprint density at radius 1 is 1.10 bits per heavy atom. The van der Waals surface area contributed by atoms with Gasteiger partial charge in [-0.3, -0.25) is 9.48 Å². The number of aryl methyl sites for hydroxylation is 2. The number of carbonyl (C=O) groups excluding carboxylic acids is 1. The van der Waals surface area contributed by atoms with Gasteiger partial charge in [-0.05, 0) is 31.2 Å². The fourth-order valence-corrected chi connectivity index (χ4v) is 4.48. The molecule has 0 aliphatic carbocycles. The number of fused-ring (bicyclic) bond motifs is 1. The van der Waals surface area contributed by atoms with Crippen LogP contribution in [0.25, 0.3) is 11.0 Å². The maximum atomic E-state index is 12.6. The number of anilines is 1. The van der Waals surface area contributed by atoms with Crippen LogP contribution in [0.4, 0.5) is 5.82 Å². The van der Waals surface area contributed by atoms with Crippen LogP contribution < -0.4 is 4.90 Å². The number of thioether (sulfide) groups is 1. The van der Waals surface area contributed by atoms with Gasteiger partial charge in [-0.1, -0.05) is 18.2 Å². The molecule has 7 nitrogen and oxygen atoms in total. The zero-order valence-electron chi connectivity index (χ0n) is 16.9. The maximum absolute atomic E-state index is 12.6. The highest BCUT2D eigenvalue weighted by molar-refractivity contribution is 7.99. The van der Waals surface area contributed by atoms with Gasteiger partial charge in [-0.25, -0.2) is 9.97 Å². The molecule has 1 aromatic carbocycles. The van der Waals surface area contributed by atoms with Crippen LogP contribution in [-0.2, 0) is 11.8 Å². The third-order valence-electron chi connectivity index (χ3n) is 5.16. The van der Waals surface area contributed by atoms with Crippen LogP contribution in [0.5, 0.6) is 0 Å².